The SMILES string of the molecule is C[C@@H]1OC(=O)[C@H]2C[C@H]3CCCCC3=C(Br)[C@@H]12. The van der Waals surface area contributed by atoms with Gasteiger partial charge in [-0.2, -0.15) is 0 Å². The molecule has 0 unspecified atom stereocenters. The molecule has 1 saturated heterocycles. The Kier molecular flexibility index (Phi) is 2.61. The maximum absolute atomic E-state index is 11.8. The molecule has 0 spiro atoms. The van der Waals surface area contributed by atoms with E-state index >= 15 is 0 Å². The second-order valence-electron chi connectivity index (χ2n) is 5.33. The number of allylic oxidation sites excluding steroid dienone is 1. The van der Waals surface area contributed by atoms with E-state index in [1.165, 1.54) is 30.2 Å². The molecule has 3 heteroatoms. The van der Waals surface area contributed by atoms with Crippen LogP contribution in [-0.4, -0.2) is 12.1 Å². The fraction of sp³-hybridized carbons (Fsp3) is 0.769. The van der Waals surface area contributed by atoms with Crippen molar-refractivity contribution in [1.29, 1.82) is 0 Å². The van der Waals surface area contributed by atoms with E-state index < -0.39 is 0 Å². The zero-order valence-electron chi connectivity index (χ0n) is 9.54. The van der Waals surface area contributed by atoms with Crippen molar-refractivity contribution >= 4 is 21.9 Å². The van der Waals surface area contributed by atoms with Gasteiger partial charge in [0, 0.05) is 10.4 Å². The van der Waals surface area contributed by atoms with Crippen LogP contribution >= 0.6 is 15.9 Å². The fourth-order valence-electron chi connectivity index (χ4n) is 3.62. The molecule has 88 valence electrons. The van der Waals surface area contributed by atoms with Gasteiger partial charge >= 0.3 is 5.97 Å². The molecule has 16 heavy (non-hydrogen) atoms. The van der Waals surface area contributed by atoms with Crippen LogP contribution in [0.5, 0.6) is 0 Å². The predicted molar refractivity (Wildman–Crippen MR) is 65.1 cm³/mol. The van der Waals surface area contributed by atoms with Crippen molar-refractivity contribution in [2.45, 2.75) is 45.1 Å². The zero-order valence-corrected chi connectivity index (χ0v) is 11.1. The number of carbonyl (C=O) groups is 1. The molecular weight excluding hydrogens is 268 g/mol. The first-order valence-electron chi connectivity index (χ1n) is 6.27. The van der Waals surface area contributed by atoms with Crippen LogP contribution in [0.25, 0.3) is 0 Å². The number of esters is 1. The van der Waals surface area contributed by atoms with Crippen LogP contribution in [0.15, 0.2) is 10.1 Å². The first-order chi connectivity index (χ1) is 7.68. The Hall–Kier alpha value is -0.310. The highest BCUT2D eigenvalue weighted by Crippen LogP contribution is 2.51. The van der Waals surface area contributed by atoms with Crippen LogP contribution in [-0.2, 0) is 9.53 Å². The number of hydrogen-bond donors (Lipinski definition) is 0. The van der Waals surface area contributed by atoms with E-state index in [1.54, 1.807) is 5.57 Å². The van der Waals surface area contributed by atoms with Gasteiger partial charge in [-0.05, 0) is 38.5 Å². The van der Waals surface area contributed by atoms with Crippen LogP contribution in [0.1, 0.15) is 39.0 Å². The van der Waals surface area contributed by atoms with Gasteiger partial charge in [0.2, 0.25) is 0 Å². The molecule has 0 amide bonds. The van der Waals surface area contributed by atoms with Gasteiger partial charge in [0.05, 0.1) is 5.92 Å². The molecule has 0 radical (unpaired) electrons. The molecule has 1 heterocycles. The molecule has 2 aliphatic carbocycles. The third-order valence-corrected chi connectivity index (χ3v) is 5.46. The van der Waals surface area contributed by atoms with E-state index in [9.17, 15) is 4.79 Å². The summed E-state index contributed by atoms with van der Waals surface area (Å²) >= 11 is 3.75. The molecule has 0 aromatic rings. The van der Waals surface area contributed by atoms with Crippen molar-refractivity contribution in [3.05, 3.63) is 10.1 Å². The number of halogens is 1. The number of hydrogen-bond acceptors (Lipinski definition) is 2. The molecule has 1 aliphatic heterocycles. The van der Waals surface area contributed by atoms with Crippen molar-refractivity contribution in [3.63, 3.8) is 0 Å². The average Bonchev–Trinajstić information content (AvgIpc) is 2.55. The Morgan fingerprint density at radius 2 is 2.19 bits per heavy atom. The van der Waals surface area contributed by atoms with Crippen LogP contribution in [0.4, 0.5) is 0 Å². The summed E-state index contributed by atoms with van der Waals surface area (Å²) in [5.74, 6) is 1.09. The molecule has 3 rings (SSSR count). The van der Waals surface area contributed by atoms with Gasteiger partial charge in [0.25, 0.3) is 0 Å². The van der Waals surface area contributed by atoms with E-state index in [1.807, 2.05) is 6.92 Å². The summed E-state index contributed by atoms with van der Waals surface area (Å²) in [7, 11) is 0. The van der Waals surface area contributed by atoms with Gasteiger partial charge in [0.15, 0.2) is 0 Å². The molecule has 2 nitrogen and oxygen atoms in total. The molecular formula is C13H17BrO2. The van der Waals surface area contributed by atoms with Gasteiger partial charge in [0.1, 0.15) is 6.10 Å². The highest BCUT2D eigenvalue weighted by molar-refractivity contribution is 9.11. The first kappa shape index (κ1) is 10.8. The van der Waals surface area contributed by atoms with Gasteiger partial charge in [-0.1, -0.05) is 27.9 Å². The maximum atomic E-state index is 11.8. The van der Waals surface area contributed by atoms with E-state index in [4.69, 9.17) is 4.74 Å². The lowest BCUT2D eigenvalue weighted by Crippen LogP contribution is -2.30. The lowest BCUT2D eigenvalue weighted by molar-refractivity contribution is -0.144. The van der Waals surface area contributed by atoms with E-state index in [0.29, 0.717) is 11.8 Å². The van der Waals surface area contributed by atoms with Crippen molar-refractivity contribution in [3.8, 4) is 0 Å². The third-order valence-electron chi connectivity index (χ3n) is 4.42. The zero-order chi connectivity index (χ0) is 11.3. The topological polar surface area (TPSA) is 26.3 Å². The van der Waals surface area contributed by atoms with Crippen molar-refractivity contribution in [2.75, 3.05) is 0 Å². The number of carbonyl (C=O) groups excluding carboxylic acids is 1. The highest BCUT2D eigenvalue weighted by Gasteiger charge is 2.49. The highest BCUT2D eigenvalue weighted by atomic mass is 79.9. The Morgan fingerprint density at radius 3 is 3.00 bits per heavy atom. The number of fused-ring (bicyclic) bond motifs is 2. The van der Waals surface area contributed by atoms with Crippen LogP contribution in [0.2, 0.25) is 0 Å². The Morgan fingerprint density at radius 1 is 1.38 bits per heavy atom. The summed E-state index contributed by atoms with van der Waals surface area (Å²) in [4.78, 5) is 11.8. The van der Waals surface area contributed by atoms with E-state index in [-0.39, 0.29) is 18.0 Å². The van der Waals surface area contributed by atoms with E-state index in [2.05, 4.69) is 15.9 Å². The summed E-state index contributed by atoms with van der Waals surface area (Å²) in [5, 5.41) is 0. The largest absolute Gasteiger partial charge is 0.462 e. The molecule has 0 N–H and O–H groups in total. The first-order valence-corrected chi connectivity index (χ1v) is 7.06. The minimum atomic E-state index is 0.0269. The quantitative estimate of drug-likeness (QED) is 0.638. The minimum absolute atomic E-state index is 0.0269. The lowest BCUT2D eigenvalue weighted by Gasteiger charge is -2.36. The van der Waals surface area contributed by atoms with Crippen LogP contribution in [0, 0.1) is 17.8 Å². The molecule has 4 atom stereocenters. The molecule has 0 bridgehead atoms. The van der Waals surface area contributed by atoms with Gasteiger partial charge in [-0.25, -0.2) is 0 Å². The number of rotatable bonds is 0. The monoisotopic (exact) mass is 284 g/mol. The van der Waals surface area contributed by atoms with Gasteiger partial charge in [-0.15, -0.1) is 0 Å². The second kappa shape index (κ2) is 3.86. The Labute approximate surface area is 105 Å². The molecule has 0 aromatic heterocycles. The van der Waals surface area contributed by atoms with E-state index in [0.717, 1.165) is 6.42 Å². The standard InChI is InChI=1S/C13H17BrO2/c1-7-11-10(13(15)16-7)6-8-4-2-3-5-9(8)12(11)14/h7-8,10-11H,2-6H2,1H3/t7-,8+,10-,11-/m0/s1. The Bertz CT molecular complexity index is 361. The van der Waals surface area contributed by atoms with Gasteiger partial charge < -0.3 is 4.74 Å². The lowest BCUT2D eigenvalue weighted by atomic mass is 9.69. The summed E-state index contributed by atoms with van der Waals surface area (Å²) in [5.41, 5.74) is 1.58. The smallest absolute Gasteiger partial charge is 0.310 e. The summed E-state index contributed by atoms with van der Waals surface area (Å²) in [6.45, 7) is 2.02. The van der Waals surface area contributed by atoms with Gasteiger partial charge in [-0.3, -0.25) is 4.79 Å². The maximum Gasteiger partial charge on any atom is 0.310 e. The second-order valence-corrected chi connectivity index (χ2v) is 6.18. The normalized spacial score (nSPS) is 42.8. The molecule has 1 saturated carbocycles. The summed E-state index contributed by atoms with van der Waals surface area (Å²) in [6.07, 6.45) is 6.18. The van der Waals surface area contributed by atoms with Crippen LogP contribution < -0.4 is 0 Å². The molecule has 2 fully saturated rings. The van der Waals surface area contributed by atoms with Crippen LogP contribution in [0.3, 0.4) is 0 Å². The molecule has 3 aliphatic rings. The van der Waals surface area contributed by atoms with Crippen molar-refractivity contribution in [1.82, 2.24) is 0 Å². The van der Waals surface area contributed by atoms with Crippen molar-refractivity contribution < 1.29 is 9.53 Å². The summed E-state index contributed by atoms with van der Waals surface area (Å²) in [6, 6.07) is 0. The third kappa shape index (κ3) is 1.47. The fourth-order valence-corrected chi connectivity index (χ4v) is 4.84. The minimum Gasteiger partial charge on any atom is -0.462 e. The predicted octanol–water partition coefficient (Wildman–Crippen LogP) is 3.41. The summed E-state index contributed by atoms with van der Waals surface area (Å²) < 4.78 is 6.68. The van der Waals surface area contributed by atoms with Crippen molar-refractivity contribution in [2.24, 2.45) is 17.8 Å². The Balaban J connectivity index is 1.99. The molecule has 0 aromatic carbocycles. The number of cyclic esters (lactones) is 1. The average molecular weight is 285 g/mol. The number of ether oxygens (including phenoxy) is 1.